The Hall–Kier alpha value is -2.53. The predicted octanol–water partition coefficient (Wildman–Crippen LogP) is 1.79. The molecule has 0 saturated carbocycles. The molecule has 2 N–H and O–H groups in total. The van der Waals surface area contributed by atoms with Crippen molar-refractivity contribution in [3.8, 4) is 17.1 Å². The van der Waals surface area contributed by atoms with Crippen LogP contribution in [0.2, 0.25) is 0 Å². The lowest BCUT2D eigenvalue weighted by Gasteiger charge is -2.00. The minimum Gasteiger partial charge on any atom is -0.326 e. The molecule has 1 heterocycles. The molecule has 0 radical (unpaired) electrons. The zero-order chi connectivity index (χ0) is 13.1. The van der Waals surface area contributed by atoms with E-state index in [4.69, 9.17) is 5.73 Å². The van der Waals surface area contributed by atoms with Crippen LogP contribution < -0.4 is 5.73 Å². The van der Waals surface area contributed by atoms with Crippen LogP contribution in [0.25, 0.3) is 17.1 Å². The average Bonchev–Trinajstić information content (AvgIpc) is 2.98. The topological polar surface area (TPSA) is 69.6 Å². The third kappa shape index (κ3) is 2.36. The van der Waals surface area contributed by atoms with Crippen molar-refractivity contribution in [2.75, 3.05) is 0 Å². The minimum absolute atomic E-state index is 0.494. The number of nitrogens with two attached hydrogens (primary N) is 1. The van der Waals surface area contributed by atoms with E-state index < -0.39 is 0 Å². The molecule has 3 rings (SSSR count). The van der Waals surface area contributed by atoms with Crippen LogP contribution in [0.3, 0.4) is 0 Å². The Kier molecular flexibility index (Phi) is 3.04. The number of aromatic nitrogens is 4. The van der Waals surface area contributed by atoms with E-state index in [1.165, 1.54) is 4.80 Å². The van der Waals surface area contributed by atoms with E-state index in [0.29, 0.717) is 12.4 Å². The van der Waals surface area contributed by atoms with Crippen molar-refractivity contribution in [3.63, 3.8) is 0 Å². The van der Waals surface area contributed by atoms with Crippen LogP contribution >= 0.6 is 0 Å². The molecule has 94 valence electrons. The van der Waals surface area contributed by atoms with E-state index in [1.54, 1.807) is 0 Å². The molecule has 0 aliphatic rings. The maximum absolute atomic E-state index is 5.63. The fourth-order valence-electron chi connectivity index (χ4n) is 1.83. The third-order valence-corrected chi connectivity index (χ3v) is 2.82. The van der Waals surface area contributed by atoms with Gasteiger partial charge in [0.2, 0.25) is 5.82 Å². The fourth-order valence-corrected chi connectivity index (χ4v) is 1.83. The second-order valence-corrected chi connectivity index (χ2v) is 4.14. The number of hydrogen-bond donors (Lipinski definition) is 1. The van der Waals surface area contributed by atoms with Gasteiger partial charge in [-0.15, -0.1) is 15.0 Å². The Morgan fingerprint density at radius 2 is 1.84 bits per heavy atom. The van der Waals surface area contributed by atoms with Crippen LogP contribution in [0.5, 0.6) is 0 Å². The zero-order valence-electron chi connectivity index (χ0n) is 10.3. The van der Waals surface area contributed by atoms with Crippen molar-refractivity contribution < 1.29 is 0 Å². The molecule has 5 heteroatoms. The number of rotatable bonds is 3. The standard InChI is InChI=1S/C14H13N5/c15-10-11-5-4-8-13(9-11)19-17-14(16-18-19)12-6-2-1-3-7-12/h1-9H,10,15H2. The van der Waals surface area contributed by atoms with Crippen molar-refractivity contribution in [1.29, 1.82) is 0 Å². The van der Waals surface area contributed by atoms with Gasteiger partial charge in [0.15, 0.2) is 0 Å². The van der Waals surface area contributed by atoms with E-state index in [1.807, 2.05) is 54.6 Å². The highest BCUT2D eigenvalue weighted by Gasteiger charge is 2.06. The van der Waals surface area contributed by atoms with E-state index in [9.17, 15) is 0 Å². The zero-order valence-corrected chi connectivity index (χ0v) is 10.3. The lowest BCUT2D eigenvalue weighted by molar-refractivity contribution is 0.719. The van der Waals surface area contributed by atoms with E-state index in [0.717, 1.165) is 16.8 Å². The summed E-state index contributed by atoms with van der Waals surface area (Å²) in [5.41, 5.74) is 8.47. The predicted molar refractivity (Wildman–Crippen MR) is 72.5 cm³/mol. The fraction of sp³-hybridized carbons (Fsp3) is 0.0714. The lowest BCUT2D eigenvalue weighted by atomic mass is 10.2. The number of nitrogens with zero attached hydrogens (tertiary/aromatic N) is 4. The molecule has 0 aliphatic heterocycles. The molecule has 3 aromatic rings. The van der Waals surface area contributed by atoms with Crippen molar-refractivity contribution in [3.05, 3.63) is 60.2 Å². The Labute approximate surface area is 110 Å². The first-order chi connectivity index (χ1) is 9.36. The Morgan fingerprint density at radius 3 is 2.63 bits per heavy atom. The van der Waals surface area contributed by atoms with Crippen molar-refractivity contribution in [2.24, 2.45) is 5.73 Å². The largest absolute Gasteiger partial charge is 0.326 e. The lowest BCUT2D eigenvalue weighted by Crippen LogP contribution is -2.02. The summed E-state index contributed by atoms with van der Waals surface area (Å²) in [5, 5.41) is 12.5. The summed E-state index contributed by atoms with van der Waals surface area (Å²) in [4.78, 5) is 1.52. The summed E-state index contributed by atoms with van der Waals surface area (Å²) >= 11 is 0. The Bertz CT molecular complexity index is 675. The van der Waals surface area contributed by atoms with Gasteiger partial charge in [-0.05, 0) is 22.9 Å². The molecule has 1 aromatic heterocycles. The molecule has 0 aliphatic carbocycles. The van der Waals surface area contributed by atoms with Crippen LogP contribution in [0.15, 0.2) is 54.6 Å². The molecule has 2 aromatic carbocycles. The quantitative estimate of drug-likeness (QED) is 0.770. The Morgan fingerprint density at radius 1 is 1.00 bits per heavy atom. The molecular formula is C14H13N5. The molecule has 0 spiro atoms. The molecule has 5 nitrogen and oxygen atoms in total. The van der Waals surface area contributed by atoms with Gasteiger partial charge in [0.05, 0.1) is 5.69 Å². The van der Waals surface area contributed by atoms with Gasteiger partial charge in [0.25, 0.3) is 0 Å². The molecule has 0 unspecified atom stereocenters. The highest BCUT2D eigenvalue weighted by Crippen LogP contribution is 2.14. The Balaban J connectivity index is 1.97. The number of benzene rings is 2. The van der Waals surface area contributed by atoms with Gasteiger partial charge in [-0.2, -0.15) is 0 Å². The van der Waals surface area contributed by atoms with Crippen molar-refractivity contribution in [2.45, 2.75) is 6.54 Å². The summed E-state index contributed by atoms with van der Waals surface area (Å²) in [6.07, 6.45) is 0. The van der Waals surface area contributed by atoms with Crippen LogP contribution in [0, 0.1) is 0 Å². The van der Waals surface area contributed by atoms with Crippen molar-refractivity contribution >= 4 is 0 Å². The summed E-state index contributed by atoms with van der Waals surface area (Å²) in [6.45, 7) is 0.494. The summed E-state index contributed by atoms with van der Waals surface area (Å²) in [6, 6.07) is 17.6. The highest BCUT2D eigenvalue weighted by atomic mass is 15.6. The van der Waals surface area contributed by atoms with Gasteiger partial charge in [-0.25, -0.2) is 0 Å². The molecule has 0 saturated heterocycles. The maximum atomic E-state index is 5.63. The molecule has 19 heavy (non-hydrogen) atoms. The maximum Gasteiger partial charge on any atom is 0.205 e. The summed E-state index contributed by atoms with van der Waals surface area (Å²) in [5.74, 6) is 0.610. The van der Waals surface area contributed by atoms with Crippen LogP contribution in [-0.4, -0.2) is 20.2 Å². The first-order valence-electron chi connectivity index (χ1n) is 6.01. The number of hydrogen-bond acceptors (Lipinski definition) is 4. The molecular weight excluding hydrogens is 238 g/mol. The van der Waals surface area contributed by atoms with Gasteiger partial charge >= 0.3 is 0 Å². The third-order valence-electron chi connectivity index (χ3n) is 2.82. The average molecular weight is 251 g/mol. The van der Waals surface area contributed by atoms with E-state index in [2.05, 4.69) is 15.4 Å². The second kappa shape index (κ2) is 4.99. The van der Waals surface area contributed by atoms with E-state index in [-0.39, 0.29) is 0 Å². The van der Waals surface area contributed by atoms with Crippen LogP contribution in [0.4, 0.5) is 0 Å². The smallest absolute Gasteiger partial charge is 0.205 e. The minimum atomic E-state index is 0.494. The van der Waals surface area contributed by atoms with Gasteiger partial charge in [0.1, 0.15) is 0 Å². The van der Waals surface area contributed by atoms with E-state index >= 15 is 0 Å². The van der Waals surface area contributed by atoms with Crippen LogP contribution in [-0.2, 0) is 6.54 Å². The molecule has 0 atom stereocenters. The molecule has 0 amide bonds. The first-order valence-corrected chi connectivity index (χ1v) is 6.01. The second-order valence-electron chi connectivity index (χ2n) is 4.14. The van der Waals surface area contributed by atoms with Gasteiger partial charge in [0, 0.05) is 12.1 Å². The van der Waals surface area contributed by atoms with Gasteiger partial charge < -0.3 is 5.73 Å². The molecule has 0 bridgehead atoms. The monoisotopic (exact) mass is 251 g/mol. The summed E-state index contributed by atoms with van der Waals surface area (Å²) in [7, 11) is 0. The van der Waals surface area contributed by atoms with Gasteiger partial charge in [-0.3, -0.25) is 0 Å². The van der Waals surface area contributed by atoms with Crippen molar-refractivity contribution in [1.82, 2.24) is 20.2 Å². The molecule has 0 fully saturated rings. The summed E-state index contributed by atoms with van der Waals surface area (Å²) < 4.78 is 0. The highest BCUT2D eigenvalue weighted by molar-refractivity contribution is 5.53. The van der Waals surface area contributed by atoms with Crippen LogP contribution in [0.1, 0.15) is 5.56 Å². The normalized spacial score (nSPS) is 10.6. The first kappa shape index (κ1) is 11.6. The SMILES string of the molecule is NCc1cccc(-n2nnc(-c3ccccc3)n2)c1. The van der Waals surface area contributed by atoms with Gasteiger partial charge in [-0.1, -0.05) is 42.5 Å². The number of tetrazole rings is 1.